The number of hydrogen-bond acceptors (Lipinski definition) is 10. The van der Waals surface area contributed by atoms with Crippen LogP contribution in [0.15, 0.2) is 24.4 Å². The third-order valence-corrected chi connectivity index (χ3v) is 8.19. The summed E-state index contributed by atoms with van der Waals surface area (Å²) in [5.74, 6) is 2.28. The molecule has 0 spiro atoms. The maximum absolute atomic E-state index is 6.57. The van der Waals surface area contributed by atoms with Crippen LogP contribution in [-0.2, 0) is 6.54 Å². The second kappa shape index (κ2) is 14.3. The Balaban J connectivity index is 1.54. The highest BCUT2D eigenvalue weighted by atomic mass is 16.5. The highest BCUT2D eigenvalue weighted by Gasteiger charge is 2.29. The molecule has 0 amide bonds. The van der Waals surface area contributed by atoms with E-state index in [0.29, 0.717) is 42.1 Å². The van der Waals surface area contributed by atoms with Crippen molar-refractivity contribution in [2.75, 3.05) is 80.3 Å². The fourth-order valence-electron chi connectivity index (χ4n) is 5.55. The Morgan fingerprint density at radius 3 is 1.95 bits per heavy atom. The third kappa shape index (κ3) is 7.54. The maximum Gasteiger partial charge on any atom is 0.256 e. The summed E-state index contributed by atoms with van der Waals surface area (Å²) in [6.45, 7) is 18.4. The van der Waals surface area contributed by atoms with Crippen molar-refractivity contribution >= 4 is 0 Å². The average Bonchev–Trinajstić information content (AvgIpc) is 2.98. The molecule has 2 aliphatic rings. The van der Waals surface area contributed by atoms with Crippen LogP contribution in [0.3, 0.4) is 0 Å². The lowest BCUT2D eigenvalue weighted by Gasteiger charge is -2.40. The van der Waals surface area contributed by atoms with E-state index in [0.717, 1.165) is 70.0 Å². The van der Waals surface area contributed by atoms with Crippen LogP contribution in [0.2, 0.25) is 0 Å². The van der Waals surface area contributed by atoms with Crippen LogP contribution in [-0.4, -0.2) is 122 Å². The second-order valence-electron chi connectivity index (χ2n) is 11.2. The van der Waals surface area contributed by atoms with Crippen molar-refractivity contribution in [3.63, 3.8) is 0 Å². The van der Waals surface area contributed by atoms with Gasteiger partial charge in [0.15, 0.2) is 5.75 Å². The highest BCUT2D eigenvalue weighted by molar-refractivity contribution is 5.38. The molecule has 40 heavy (non-hydrogen) atoms. The Morgan fingerprint density at radius 2 is 1.38 bits per heavy atom. The molecular weight excluding hydrogens is 508 g/mol. The quantitative estimate of drug-likeness (QED) is 0.389. The summed E-state index contributed by atoms with van der Waals surface area (Å²) >= 11 is 0. The van der Waals surface area contributed by atoms with Crippen LogP contribution >= 0.6 is 0 Å². The zero-order chi connectivity index (χ0) is 28.6. The van der Waals surface area contributed by atoms with Gasteiger partial charge in [0, 0.05) is 88.8 Å². The molecule has 0 aliphatic carbocycles. The molecule has 2 saturated heterocycles. The predicted octanol–water partition coefficient (Wildman–Crippen LogP) is 3.17. The van der Waals surface area contributed by atoms with Gasteiger partial charge in [-0.25, -0.2) is 4.98 Å². The van der Waals surface area contributed by atoms with Crippen LogP contribution < -0.4 is 18.9 Å². The topological polar surface area (TPSA) is 75.7 Å². The van der Waals surface area contributed by atoms with E-state index < -0.39 is 0 Å². The van der Waals surface area contributed by atoms with E-state index in [1.807, 2.05) is 18.3 Å². The molecule has 2 aromatic heterocycles. The SMILES string of the molecule is COc1ccc(CN2CCN(C(C)C)CC2)c(OCC(c2cnc(OC)c(OC)c2)N2CCN(C(C)C)CC2)n1. The third-order valence-electron chi connectivity index (χ3n) is 8.19. The molecule has 4 rings (SSSR count). The van der Waals surface area contributed by atoms with Crippen molar-refractivity contribution in [3.05, 3.63) is 35.5 Å². The first-order chi connectivity index (χ1) is 19.3. The van der Waals surface area contributed by atoms with Gasteiger partial charge in [-0.3, -0.25) is 19.6 Å². The van der Waals surface area contributed by atoms with Gasteiger partial charge >= 0.3 is 0 Å². The minimum absolute atomic E-state index is 0.0166. The fourth-order valence-corrected chi connectivity index (χ4v) is 5.55. The number of rotatable bonds is 12. The maximum atomic E-state index is 6.57. The first kappa shape index (κ1) is 30.3. The summed E-state index contributed by atoms with van der Waals surface area (Å²) in [6, 6.07) is 7.12. The number of methoxy groups -OCH3 is 3. The average molecular weight is 557 g/mol. The van der Waals surface area contributed by atoms with E-state index in [1.165, 1.54) is 0 Å². The minimum atomic E-state index is -0.0166. The van der Waals surface area contributed by atoms with Crippen LogP contribution in [0, 0.1) is 0 Å². The molecule has 2 aliphatic heterocycles. The van der Waals surface area contributed by atoms with Gasteiger partial charge in [-0.1, -0.05) is 0 Å². The van der Waals surface area contributed by atoms with Crippen molar-refractivity contribution in [1.29, 1.82) is 0 Å². The van der Waals surface area contributed by atoms with Crippen molar-refractivity contribution in [3.8, 4) is 23.4 Å². The van der Waals surface area contributed by atoms with Crippen molar-refractivity contribution in [2.45, 2.75) is 52.4 Å². The Morgan fingerprint density at radius 1 is 0.750 bits per heavy atom. The smallest absolute Gasteiger partial charge is 0.256 e. The zero-order valence-electron chi connectivity index (χ0n) is 25.4. The number of pyridine rings is 2. The minimum Gasteiger partial charge on any atom is -0.491 e. The predicted molar refractivity (Wildman–Crippen MR) is 157 cm³/mol. The van der Waals surface area contributed by atoms with Gasteiger partial charge in [-0.2, -0.15) is 4.98 Å². The molecule has 1 unspecified atom stereocenters. The summed E-state index contributed by atoms with van der Waals surface area (Å²) in [7, 11) is 4.89. The molecule has 0 aromatic carbocycles. The van der Waals surface area contributed by atoms with Gasteiger partial charge in [-0.15, -0.1) is 0 Å². The molecule has 2 aromatic rings. The second-order valence-corrected chi connectivity index (χ2v) is 11.2. The van der Waals surface area contributed by atoms with Gasteiger partial charge in [-0.05, 0) is 45.4 Å². The fraction of sp³-hybridized carbons (Fsp3) is 0.667. The van der Waals surface area contributed by atoms with E-state index >= 15 is 0 Å². The molecule has 0 bridgehead atoms. The van der Waals surface area contributed by atoms with Crippen LogP contribution in [0.5, 0.6) is 23.4 Å². The van der Waals surface area contributed by atoms with Crippen LogP contribution in [0.1, 0.15) is 44.9 Å². The van der Waals surface area contributed by atoms with Crippen molar-refractivity contribution in [1.82, 2.24) is 29.6 Å². The van der Waals surface area contributed by atoms with Gasteiger partial charge in [0.05, 0.1) is 27.4 Å². The normalized spacial score (nSPS) is 18.7. The first-order valence-electron chi connectivity index (χ1n) is 14.5. The van der Waals surface area contributed by atoms with E-state index in [-0.39, 0.29) is 6.04 Å². The molecule has 222 valence electrons. The summed E-state index contributed by atoms with van der Waals surface area (Å²) < 4.78 is 23.0. The molecule has 10 nitrogen and oxygen atoms in total. The Bertz CT molecular complexity index is 1070. The van der Waals surface area contributed by atoms with Gasteiger partial charge in [0.2, 0.25) is 11.8 Å². The summed E-state index contributed by atoms with van der Waals surface area (Å²) in [5, 5.41) is 0. The molecule has 10 heteroatoms. The van der Waals surface area contributed by atoms with Gasteiger partial charge < -0.3 is 18.9 Å². The lowest BCUT2D eigenvalue weighted by Crippen LogP contribution is -2.50. The van der Waals surface area contributed by atoms with Crippen molar-refractivity contribution < 1.29 is 18.9 Å². The number of piperazine rings is 2. The van der Waals surface area contributed by atoms with Crippen LogP contribution in [0.4, 0.5) is 0 Å². The standard InChI is InChI=1S/C30H48N6O4/c1-22(2)34-12-10-33(11-13-34)20-24-8-9-28(38-6)32-29(24)40-21-26(36-16-14-35(15-17-36)23(3)4)25-18-27(37-5)30(39-7)31-19-25/h8-9,18-19,22-23,26H,10-17,20-21H2,1-7H3. The van der Waals surface area contributed by atoms with Crippen molar-refractivity contribution in [2.24, 2.45) is 0 Å². The summed E-state index contributed by atoms with van der Waals surface area (Å²) in [6.07, 6.45) is 1.87. The molecule has 1 atom stereocenters. The molecular formula is C30H48N6O4. The zero-order valence-corrected chi connectivity index (χ0v) is 25.4. The number of nitrogens with zero attached hydrogens (tertiary/aromatic N) is 6. The largest absolute Gasteiger partial charge is 0.491 e. The number of aromatic nitrogens is 2. The monoisotopic (exact) mass is 556 g/mol. The highest BCUT2D eigenvalue weighted by Crippen LogP contribution is 2.32. The molecule has 0 radical (unpaired) electrons. The number of ether oxygens (including phenoxy) is 4. The Kier molecular flexibility index (Phi) is 10.8. The van der Waals surface area contributed by atoms with Crippen LogP contribution in [0.25, 0.3) is 0 Å². The molecule has 2 fully saturated rings. The van der Waals surface area contributed by atoms with Gasteiger partial charge in [0.1, 0.15) is 6.61 Å². The lowest BCUT2D eigenvalue weighted by atomic mass is 10.1. The Labute approximate surface area is 240 Å². The molecule has 4 heterocycles. The lowest BCUT2D eigenvalue weighted by molar-refractivity contribution is 0.0560. The van der Waals surface area contributed by atoms with E-state index in [1.54, 1.807) is 21.3 Å². The van der Waals surface area contributed by atoms with E-state index in [4.69, 9.17) is 23.9 Å². The number of hydrogen-bond donors (Lipinski definition) is 0. The molecule has 0 saturated carbocycles. The summed E-state index contributed by atoms with van der Waals surface area (Å²) in [4.78, 5) is 19.3. The van der Waals surface area contributed by atoms with E-state index in [9.17, 15) is 0 Å². The summed E-state index contributed by atoms with van der Waals surface area (Å²) in [5.41, 5.74) is 2.11. The Hall–Kier alpha value is -2.66. The molecule has 0 N–H and O–H groups in total. The first-order valence-corrected chi connectivity index (χ1v) is 14.5. The van der Waals surface area contributed by atoms with Gasteiger partial charge in [0.25, 0.3) is 5.88 Å². The van der Waals surface area contributed by atoms with E-state index in [2.05, 4.69) is 58.3 Å².